The Morgan fingerprint density at radius 2 is 2.00 bits per heavy atom. The average Bonchev–Trinajstić information content (AvgIpc) is 2.72. The summed E-state index contributed by atoms with van der Waals surface area (Å²) >= 11 is 1.75. The second kappa shape index (κ2) is 5.50. The molecule has 0 spiro atoms. The molecule has 86 valence electrons. The largest absolute Gasteiger partial charge is 0.198 e. The van der Waals surface area contributed by atoms with E-state index >= 15 is 0 Å². The number of aryl methyl sites for hydroxylation is 1. The van der Waals surface area contributed by atoms with Gasteiger partial charge in [0.1, 0.15) is 0 Å². The van der Waals surface area contributed by atoms with Crippen molar-refractivity contribution in [1.82, 2.24) is 0 Å². The Morgan fingerprint density at radius 1 is 1.25 bits per heavy atom. The van der Waals surface area contributed by atoms with Gasteiger partial charge in [0.2, 0.25) is 0 Å². The summed E-state index contributed by atoms with van der Waals surface area (Å²) in [6.07, 6.45) is 9.51. The highest BCUT2D eigenvalue weighted by Gasteiger charge is 2.30. The van der Waals surface area contributed by atoms with E-state index in [9.17, 15) is 5.26 Å². The van der Waals surface area contributed by atoms with Gasteiger partial charge in [0.15, 0.2) is 0 Å². The van der Waals surface area contributed by atoms with Crippen LogP contribution in [0, 0.1) is 16.7 Å². The van der Waals surface area contributed by atoms with Gasteiger partial charge in [-0.15, -0.1) is 0 Å². The smallest absolute Gasteiger partial charge is 0.0689 e. The van der Waals surface area contributed by atoms with E-state index in [2.05, 4.69) is 22.9 Å². The van der Waals surface area contributed by atoms with Crippen molar-refractivity contribution in [3.63, 3.8) is 0 Å². The maximum absolute atomic E-state index is 9.45. The fourth-order valence-electron chi connectivity index (χ4n) is 2.64. The molecule has 0 amide bonds. The molecule has 0 bridgehead atoms. The SMILES string of the molecule is N#CC1(CCc2ccsc2)CCCCCC1. The first-order valence-corrected chi connectivity index (χ1v) is 7.21. The van der Waals surface area contributed by atoms with Crippen LogP contribution in [0.5, 0.6) is 0 Å². The van der Waals surface area contributed by atoms with E-state index in [1.54, 1.807) is 11.3 Å². The second-order valence-corrected chi connectivity index (χ2v) is 5.72. The third-order valence-electron chi connectivity index (χ3n) is 3.77. The third kappa shape index (κ3) is 2.86. The van der Waals surface area contributed by atoms with Crippen LogP contribution >= 0.6 is 11.3 Å². The molecule has 2 rings (SSSR count). The maximum Gasteiger partial charge on any atom is 0.0689 e. The van der Waals surface area contributed by atoms with E-state index in [-0.39, 0.29) is 5.41 Å². The van der Waals surface area contributed by atoms with Crippen LogP contribution in [-0.4, -0.2) is 0 Å². The van der Waals surface area contributed by atoms with E-state index in [0.29, 0.717) is 0 Å². The Labute approximate surface area is 102 Å². The van der Waals surface area contributed by atoms with Gasteiger partial charge in [0.25, 0.3) is 0 Å². The van der Waals surface area contributed by atoms with Gasteiger partial charge < -0.3 is 0 Å². The molecule has 1 saturated carbocycles. The number of hydrogen-bond acceptors (Lipinski definition) is 2. The molecule has 0 radical (unpaired) electrons. The predicted molar refractivity (Wildman–Crippen MR) is 68.4 cm³/mol. The fraction of sp³-hybridized carbons (Fsp3) is 0.643. The van der Waals surface area contributed by atoms with Crippen molar-refractivity contribution in [2.24, 2.45) is 5.41 Å². The highest BCUT2D eigenvalue weighted by atomic mass is 32.1. The van der Waals surface area contributed by atoms with E-state index in [1.807, 2.05) is 0 Å². The van der Waals surface area contributed by atoms with Crippen LogP contribution in [0.25, 0.3) is 0 Å². The number of nitriles is 1. The fourth-order valence-corrected chi connectivity index (χ4v) is 3.34. The Bertz CT molecular complexity index is 339. The van der Waals surface area contributed by atoms with Gasteiger partial charge in [-0.25, -0.2) is 0 Å². The number of thiophene rings is 1. The Hall–Kier alpha value is -0.810. The van der Waals surface area contributed by atoms with Crippen LogP contribution in [0.3, 0.4) is 0 Å². The predicted octanol–water partition coefficient (Wildman–Crippen LogP) is 4.54. The van der Waals surface area contributed by atoms with E-state index in [4.69, 9.17) is 0 Å². The van der Waals surface area contributed by atoms with Crippen molar-refractivity contribution < 1.29 is 0 Å². The van der Waals surface area contributed by atoms with E-state index < -0.39 is 0 Å². The first-order chi connectivity index (χ1) is 7.85. The van der Waals surface area contributed by atoms with Gasteiger partial charge in [-0.2, -0.15) is 16.6 Å². The van der Waals surface area contributed by atoms with Crippen molar-refractivity contribution >= 4 is 11.3 Å². The van der Waals surface area contributed by atoms with Crippen LogP contribution in [0.4, 0.5) is 0 Å². The lowest BCUT2D eigenvalue weighted by atomic mass is 9.77. The molecule has 0 aromatic carbocycles. The first-order valence-electron chi connectivity index (χ1n) is 6.27. The molecule has 0 saturated heterocycles. The summed E-state index contributed by atoms with van der Waals surface area (Å²) in [5, 5.41) is 13.8. The van der Waals surface area contributed by atoms with Gasteiger partial charge in [-0.3, -0.25) is 0 Å². The summed E-state index contributed by atoms with van der Waals surface area (Å²) < 4.78 is 0. The molecule has 2 heteroatoms. The zero-order valence-electron chi connectivity index (χ0n) is 9.74. The summed E-state index contributed by atoms with van der Waals surface area (Å²) in [5.74, 6) is 0. The highest BCUT2D eigenvalue weighted by Crippen LogP contribution is 2.38. The minimum absolute atomic E-state index is 0.0154. The maximum atomic E-state index is 9.45. The number of nitrogens with zero attached hydrogens (tertiary/aromatic N) is 1. The molecule has 16 heavy (non-hydrogen) atoms. The molecule has 1 aliphatic rings. The first kappa shape index (κ1) is 11.7. The lowest BCUT2D eigenvalue weighted by Crippen LogP contribution is -2.18. The quantitative estimate of drug-likeness (QED) is 0.703. The van der Waals surface area contributed by atoms with Crippen molar-refractivity contribution in [2.75, 3.05) is 0 Å². The summed E-state index contributed by atoms with van der Waals surface area (Å²) in [5.41, 5.74) is 1.39. The Balaban J connectivity index is 1.96. The summed E-state index contributed by atoms with van der Waals surface area (Å²) in [7, 11) is 0. The second-order valence-electron chi connectivity index (χ2n) is 4.94. The molecule has 1 heterocycles. The number of rotatable bonds is 3. The molecule has 0 aliphatic heterocycles. The Morgan fingerprint density at radius 3 is 2.56 bits per heavy atom. The minimum Gasteiger partial charge on any atom is -0.198 e. The highest BCUT2D eigenvalue weighted by molar-refractivity contribution is 7.07. The van der Waals surface area contributed by atoms with Gasteiger partial charge >= 0.3 is 0 Å². The van der Waals surface area contributed by atoms with Gasteiger partial charge in [-0.1, -0.05) is 25.7 Å². The zero-order valence-corrected chi connectivity index (χ0v) is 10.6. The topological polar surface area (TPSA) is 23.8 Å². The van der Waals surface area contributed by atoms with Crippen LogP contribution in [0.15, 0.2) is 16.8 Å². The molecule has 1 aromatic rings. The molecule has 0 N–H and O–H groups in total. The van der Waals surface area contributed by atoms with Crippen molar-refractivity contribution in [3.8, 4) is 6.07 Å². The molecular formula is C14H19NS. The number of hydrogen-bond donors (Lipinski definition) is 0. The molecule has 1 aliphatic carbocycles. The lowest BCUT2D eigenvalue weighted by molar-refractivity contribution is 0.315. The molecule has 1 nitrogen and oxygen atoms in total. The average molecular weight is 233 g/mol. The molecule has 0 atom stereocenters. The van der Waals surface area contributed by atoms with Crippen LogP contribution in [0.1, 0.15) is 50.5 Å². The Kier molecular flexibility index (Phi) is 4.01. The minimum atomic E-state index is -0.0154. The molecule has 1 aromatic heterocycles. The molecular weight excluding hydrogens is 214 g/mol. The van der Waals surface area contributed by atoms with Crippen molar-refractivity contribution in [1.29, 1.82) is 5.26 Å². The lowest BCUT2D eigenvalue weighted by Gasteiger charge is -2.24. The zero-order chi connectivity index (χ0) is 11.3. The molecule has 0 unspecified atom stereocenters. The van der Waals surface area contributed by atoms with Gasteiger partial charge in [0.05, 0.1) is 11.5 Å². The normalized spacial score (nSPS) is 19.9. The summed E-state index contributed by atoms with van der Waals surface area (Å²) in [6.45, 7) is 0. The van der Waals surface area contributed by atoms with Crippen molar-refractivity contribution in [2.45, 2.75) is 51.4 Å². The monoisotopic (exact) mass is 233 g/mol. The van der Waals surface area contributed by atoms with Crippen LogP contribution in [0.2, 0.25) is 0 Å². The molecule has 1 fully saturated rings. The van der Waals surface area contributed by atoms with Crippen LogP contribution < -0.4 is 0 Å². The third-order valence-corrected chi connectivity index (χ3v) is 4.50. The van der Waals surface area contributed by atoms with Gasteiger partial charge in [0, 0.05) is 0 Å². The van der Waals surface area contributed by atoms with E-state index in [0.717, 1.165) is 25.7 Å². The van der Waals surface area contributed by atoms with Crippen molar-refractivity contribution in [3.05, 3.63) is 22.4 Å². The summed E-state index contributed by atoms with van der Waals surface area (Å²) in [6, 6.07) is 4.81. The van der Waals surface area contributed by atoms with Gasteiger partial charge in [-0.05, 0) is 48.1 Å². The standard InChI is InChI=1S/C14H19NS/c15-12-14(7-3-1-2-4-8-14)9-5-13-6-10-16-11-13/h6,10-11H,1-5,7-9H2. The van der Waals surface area contributed by atoms with E-state index in [1.165, 1.54) is 31.2 Å². The van der Waals surface area contributed by atoms with Crippen LogP contribution in [-0.2, 0) is 6.42 Å². The summed E-state index contributed by atoms with van der Waals surface area (Å²) in [4.78, 5) is 0.